The summed E-state index contributed by atoms with van der Waals surface area (Å²) in [6.07, 6.45) is -2.37. The average molecular weight is 612 g/mol. The normalized spacial score (nSPS) is 16.0. The number of hydrogen-bond donors (Lipinski definition) is 3. The highest BCUT2D eigenvalue weighted by atomic mass is 31.2. The molecule has 16 heteroatoms. The van der Waals surface area contributed by atoms with Crippen molar-refractivity contribution in [1.82, 2.24) is 24.6 Å². The Balaban J connectivity index is 1.87. The van der Waals surface area contributed by atoms with Crippen molar-refractivity contribution in [2.45, 2.75) is 64.7 Å². The Hall–Kier alpha value is -3.36. The Morgan fingerprint density at radius 1 is 1.21 bits per heavy atom. The summed E-state index contributed by atoms with van der Waals surface area (Å²) < 4.78 is 51.8. The Morgan fingerprint density at radius 3 is 2.50 bits per heavy atom. The van der Waals surface area contributed by atoms with Crippen molar-refractivity contribution < 1.29 is 37.4 Å². The Bertz CT molecular complexity index is 1360. The summed E-state index contributed by atoms with van der Waals surface area (Å²) in [4.78, 5) is 27.1. The highest BCUT2D eigenvalue weighted by Crippen LogP contribution is 2.45. The first-order chi connectivity index (χ1) is 19.9. The molecule has 0 aliphatic heterocycles. The molecule has 232 valence electrons. The number of aliphatic hydroxyl groups excluding tert-OH is 1. The van der Waals surface area contributed by atoms with Gasteiger partial charge >= 0.3 is 13.7 Å². The van der Waals surface area contributed by atoms with Crippen LogP contribution in [0.3, 0.4) is 0 Å². The smallest absolute Gasteiger partial charge is 0.459 e. The van der Waals surface area contributed by atoms with Gasteiger partial charge in [-0.2, -0.15) is 15.1 Å². The van der Waals surface area contributed by atoms with Crippen LogP contribution in [0.5, 0.6) is 5.75 Å². The van der Waals surface area contributed by atoms with Gasteiger partial charge in [-0.1, -0.05) is 25.1 Å². The van der Waals surface area contributed by atoms with E-state index in [2.05, 4.69) is 20.0 Å². The third-order valence-corrected chi connectivity index (χ3v) is 7.50. The van der Waals surface area contributed by atoms with E-state index in [9.17, 15) is 18.9 Å². The number of rotatable bonds is 16. The van der Waals surface area contributed by atoms with Crippen LogP contribution in [0.15, 0.2) is 36.7 Å². The minimum absolute atomic E-state index is 0.0154. The molecule has 0 aliphatic rings. The summed E-state index contributed by atoms with van der Waals surface area (Å²) in [5.74, 6) is 0.0108. The van der Waals surface area contributed by atoms with Crippen molar-refractivity contribution >= 4 is 36.6 Å². The maximum Gasteiger partial charge on any atom is 0.459 e. The average Bonchev–Trinajstić information content (AvgIpc) is 3.35. The number of fused-ring (bicyclic) bond motifs is 1. The maximum atomic E-state index is 13.9. The van der Waals surface area contributed by atoms with Crippen LogP contribution < -0.4 is 20.2 Å². The first kappa shape index (κ1) is 33.1. The van der Waals surface area contributed by atoms with Gasteiger partial charge in [-0.15, -0.1) is 0 Å². The molecule has 0 fully saturated rings. The predicted octanol–water partition coefficient (Wildman–Crippen LogP) is 3.23. The van der Waals surface area contributed by atoms with E-state index in [4.69, 9.17) is 24.3 Å². The number of carbonyl (C=O) groups is 1. The predicted molar refractivity (Wildman–Crippen MR) is 155 cm³/mol. The zero-order chi connectivity index (χ0) is 31.0. The lowest BCUT2D eigenvalue weighted by molar-refractivity contribution is -0.149. The Labute approximate surface area is 243 Å². The van der Waals surface area contributed by atoms with Crippen molar-refractivity contribution in [2.24, 2.45) is 0 Å². The van der Waals surface area contributed by atoms with E-state index in [-0.39, 0.29) is 11.7 Å². The van der Waals surface area contributed by atoms with Crippen molar-refractivity contribution in [1.29, 1.82) is 0 Å². The number of nitrogens with two attached hydrogens (primary N) is 1. The van der Waals surface area contributed by atoms with E-state index in [1.165, 1.54) is 13.3 Å². The summed E-state index contributed by atoms with van der Waals surface area (Å²) in [5.41, 5.74) is 6.75. The number of benzene rings is 1. The van der Waals surface area contributed by atoms with Crippen LogP contribution in [0.4, 0.5) is 16.2 Å². The number of para-hydroxylation sites is 1. The lowest BCUT2D eigenvalue weighted by atomic mass is 10.2. The molecule has 0 spiro atoms. The third kappa shape index (κ3) is 8.58. The summed E-state index contributed by atoms with van der Waals surface area (Å²) in [7, 11) is -0.732. The second-order valence-electron chi connectivity index (χ2n) is 9.92. The zero-order valence-corrected chi connectivity index (χ0v) is 25.4. The summed E-state index contributed by atoms with van der Waals surface area (Å²) in [6, 6.07) is 7.06. The molecule has 0 unspecified atom stereocenters. The lowest BCUT2D eigenvalue weighted by Crippen LogP contribution is -2.39. The first-order valence-corrected chi connectivity index (χ1v) is 15.0. The molecule has 0 amide bonds. The second-order valence-corrected chi connectivity index (χ2v) is 11.6. The molecule has 4 N–H and O–H groups in total. The van der Waals surface area contributed by atoms with Crippen LogP contribution in [0.1, 0.15) is 40.3 Å². The lowest BCUT2D eigenvalue weighted by Gasteiger charge is -2.29. The molecule has 14 nitrogen and oxygen atoms in total. The van der Waals surface area contributed by atoms with Crippen LogP contribution in [-0.4, -0.2) is 82.3 Å². The van der Waals surface area contributed by atoms with Crippen LogP contribution in [0, 0.1) is 0 Å². The van der Waals surface area contributed by atoms with Gasteiger partial charge in [0.15, 0.2) is 17.0 Å². The van der Waals surface area contributed by atoms with Gasteiger partial charge in [0, 0.05) is 14.1 Å². The fourth-order valence-corrected chi connectivity index (χ4v) is 5.35. The third-order valence-electron chi connectivity index (χ3n) is 5.86. The number of alkyl halides is 1. The van der Waals surface area contributed by atoms with Crippen molar-refractivity contribution in [2.75, 3.05) is 38.0 Å². The number of imidazole rings is 1. The minimum atomic E-state index is -4.30. The minimum Gasteiger partial charge on any atom is -0.462 e. The van der Waals surface area contributed by atoms with Gasteiger partial charge < -0.3 is 29.7 Å². The number of nitrogens with zero attached hydrogens (tertiary/aromatic N) is 5. The summed E-state index contributed by atoms with van der Waals surface area (Å²) in [6.45, 7) is 4.85. The van der Waals surface area contributed by atoms with Gasteiger partial charge in [-0.25, -0.2) is 13.9 Å². The number of anilines is 2. The highest BCUT2D eigenvalue weighted by Gasteiger charge is 2.36. The molecule has 3 rings (SSSR count). The van der Waals surface area contributed by atoms with Crippen LogP contribution in [0.25, 0.3) is 11.2 Å². The molecule has 0 aliphatic carbocycles. The molecule has 0 radical (unpaired) electrons. The summed E-state index contributed by atoms with van der Waals surface area (Å²) in [5, 5.41) is 13.1. The van der Waals surface area contributed by atoms with Crippen LogP contribution in [0.2, 0.25) is 0 Å². The number of ether oxygens (including phenoxy) is 2. The summed E-state index contributed by atoms with van der Waals surface area (Å²) >= 11 is 0. The topological polar surface area (TPSA) is 176 Å². The molecule has 42 heavy (non-hydrogen) atoms. The molecule has 0 saturated carbocycles. The number of aliphatic hydroxyl groups is 1. The fourth-order valence-electron chi connectivity index (χ4n) is 3.85. The Kier molecular flexibility index (Phi) is 11.6. The van der Waals surface area contributed by atoms with E-state index >= 15 is 0 Å². The molecular formula is C26H39FN7O7P. The largest absolute Gasteiger partial charge is 0.462 e. The van der Waals surface area contributed by atoms with E-state index < -0.39 is 57.6 Å². The number of halogens is 1. The first-order valence-electron chi connectivity index (χ1n) is 13.4. The molecule has 3 aromatic rings. The maximum absolute atomic E-state index is 13.9. The van der Waals surface area contributed by atoms with Gasteiger partial charge in [-0.05, 0) is 39.3 Å². The fraction of sp³-hybridized carbons (Fsp3) is 0.538. The van der Waals surface area contributed by atoms with Crippen molar-refractivity contribution in [3.63, 3.8) is 0 Å². The molecule has 2 aromatic heterocycles. The highest BCUT2D eigenvalue weighted by molar-refractivity contribution is 7.52. The van der Waals surface area contributed by atoms with Gasteiger partial charge in [0.05, 0.1) is 19.0 Å². The van der Waals surface area contributed by atoms with Crippen molar-refractivity contribution in [3.8, 4) is 5.75 Å². The van der Waals surface area contributed by atoms with Gasteiger partial charge in [0.1, 0.15) is 36.9 Å². The van der Waals surface area contributed by atoms with E-state index in [0.29, 0.717) is 23.4 Å². The molecule has 0 saturated heterocycles. The Morgan fingerprint density at radius 2 is 1.90 bits per heavy atom. The van der Waals surface area contributed by atoms with Crippen LogP contribution in [-0.2, 0) is 23.4 Å². The monoisotopic (exact) mass is 611 g/mol. The molecular weight excluding hydrogens is 572 g/mol. The second kappa shape index (κ2) is 14.7. The van der Waals surface area contributed by atoms with E-state index in [1.807, 2.05) is 0 Å². The number of hydrogen-bond acceptors (Lipinski definition) is 12. The van der Waals surface area contributed by atoms with Crippen LogP contribution >= 0.6 is 7.75 Å². The number of nitrogen functional groups attached to an aromatic ring is 1. The van der Waals surface area contributed by atoms with Gasteiger partial charge in [0.25, 0.3) is 0 Å². The van der Waals surface area contributed by atoms with Gasteiger partial charge in [-0.3, -0.25) is 13.9 Å². The quantitative estimate of drug-likeness (QED) is 0.159. The van der Waals surface area contributed by atoms with Crippen molar-refractivity contribution in [3.05, 3.63) is 36.7 Å². The number of esters is 1. The molecule has 2 heterocycles. The number of nitrogens with one attached hydrogen (secondary N) is 1. The van der Waals surface area contributed by atoms with E-state index in [0.717, 1.165) is 0 Å². The van der Waals surface area contributed by atoms with Gasteiger partial charge in [0.2, 0.25) is 5.95 Å². The SMILES string of the molecule is CC[C@@H](O[C@H](CO[P@@](=O)(N[C@@H](C)C(=O)OC(C)C)Oc1ccccc1)[C@@H](O)CF)n1cnc2c(N(C)C)nc(N)nc21. The van der Waals surface area contributed by atoms with E-state index in [1.54, 1.807) is 74.7 Å². The molecule has 1 aromatic carbocycles. The number of aromatic nitrogens is 4. The number of carbonyl (C=O) groups excluding carboxylic acids is 1. The molecule has 5 atom stereocenters. The zero-order valence-electron chi connectivity index (χ0n) is 24.5. The molecule has 0 bridgehead atoms. The standard InChI is InChI=1S/C26H39FN7O7P/c1-7-21(34-15-29-22-23(33(5)6)30-26(28)31-24(22)34)40-20(19(35)13-27)14-38-42(37,41-18-11-9-8-10-12-18)32-17(4)25(36)39-16(2)3/h8-12,15-17,19-21,35H,7,13-14H2,1-6H3,(H,32,37)(H2,28,30,31)/t17-,19-,20+,21+,42-/m0/s1.